The van der Waals surface area contributed by atoms with E-state index in [0.29, 0.717) is 0 Å². The van der Waals surface area contributed by atoms with Crippen LogP contribution in [0.2, 0.25) is 5.02 Å². The zero-order valence-corrected chi connectivity index (χ0v) is 18.0. The lowest BCUT2D eigenvalue weighted by Gasteiger charge is -2.13. The van der Waals surface area contributed by atoms with Crippen molar-refractivity contribution in [1.29, 1.82) is 0 Å². The van der Waals surface area contributed by atoms with E-state index in [0.717, 1.165) is 16.2 Å². The Balaban J connectivity index is 1.90. The highest BCUT2D eigenvalue weighted by Gasteiger charge is 2.20. The highest BCUT2D eigenvalue weighted by molar-refractivity contribution is 6.37. The van der Waals surface area contributed by atoms with Crippen LogP contribution in [0.4, 0.5) is 0 Å². The number of rotatable bonds is 1. The Morgan fingerprint density at radius 1 is 0.500 bits per heavy atom. The molecule has 150 valence electrons. The van der Waals surface area contributed by atoms with E-state index >= 15 is 0 Å². The topological polar surface area (TPSA) is 4.93 Å². The summed E-state index contributed by atoms with van der Waals surface area (Å²) >= 11 is 6.52. The van der Waals surface area contributed by atoms with E-state index in [1.54, 1.807) is 0 Å². The van der Waals surface area contributed by atoms with Crippen molar-refractivity contribution in [1.82, 2.24) is 4.57 Å². The van der Waals surface area contributed by atoms with Gasteiger partial charge in [-0.05, 0) is 45.8 Å². The van der Waals surface area contributed by atoms with Gasteiger partial charge in [0, 0.05) is 32.3 Å². The third-order valence-corrected chi connectivity index (χ3v) is 6.83. The van der Waals surface area contributed by atoms with Crippen LogP contribution in [0.5, 0.6) is 0 Å². The monoisotopic (exact) mass is 427 g/mol. The average Bonchev–Trinajstić information content (AvgIpc) is 3.18. The Morgan fingerprint density at radius 3 is 2.03 bits per heavy atom. The normalized spacial score (nSPS) is 11.9. The molecule has 0 N–H and O–H groups in total. The smallest absolute Gasteiger partial charge is 0.0626 e. The summed E-state index contributed by atoms with van der Waals surface area (Å²) in [4.78, 5) is 0. The molecule has 6 aromatic carbocycles. The van der Waals surface area contributed by atoms with Crippen LogP contribution in [0.3, 0.4) is 0 Å². The summed E-state index contributed by atoms with van der Waals surface area (Å²) in [5, 5.41) is 10.9. The number of hydrogen-bond donors (Lipinski definition) is 0. The van der Waals surface area contributed by atoms with Crippen LogP contribution >= 0.6 is 11.6 Å². The number of hydrogen-bond acceptors (Lipinski definition) is 0. The van der Waals surface area contributed by atoms with Gasteiger partial charge in [-0.2, -0.15) is 0 Å². The van der Waals surface area contributed by atoms with Crippen LogP contribution in [-0.4, -0.2) is 4.57 Å². The largest absolute Gasteiger partial charge is 0.309 e. The van der Waals surface area contributed by atoms with E-state index in [2.05, 4.69) is 108 Å². The summed E-state index contributed by atoms with van der Waals surface area (Å²) in [5.41, 5.74) is 3.50. The molecule has 7 rings (SSSR count). The van der Waals surface area contributed by atoms with Crippen molar-refractivity contribution in [3.63, 3.8) is 0 Å². The lowest BCUT2D eigenvalue weighted by atomic mass is 9.93. The molecule has 32 heavy (non-hydrogen) atoms. The summed E-state index contributed by atoms with van der Waals surface area (Å²) in [5.74, 6) is 0. The lowest BCUT2D eigenvalue weighted by Crippen LogP contribution is -1.94. The summed E-state index contributed by atoms with van der Waals surface area (Å²) < 4.78 is 2.38. The van der Waals surface area contributed by atoms with Crippen molar-refractivity contribution < 1.29 is 0 Å². The number of halogens is 1. The first-order chi connectivity index (χ1) is 15.8. The van der Waals surface area contributed by atoms with Crippen LogP contribution in [0, 0.1) is 0 Å². The van der Waals surface area contributed by atoms with Gasteiger partial charge in [0.2, 0.25) is 0 Å². The maximum Gasteiger partial charge on any atom is 0.0626 e. The van der Waals surface area contributed by atoms with E-state index in [9.17, 15) is 0 Å². The highest BCUT2D eigenvalue weighted by Crippen LogP contribution is 2.44. The van der Waals surface area contributed by atoms with Crippen molar-refractivity contribution >= 4 is 65.7 Å². The fourth-order valence-corrected chi connectivity index (χ4v) is 5.47. The molecule has 0 saturated carbocycles. The van der Waals surface area contributed by atoms with E-state index in [-0.39, 0.29) is 0 Å². The summed E-state index contributed by atoms with van der Waals surface area (Å²) in [6.07, 6.45) is 0. The molecule has 0 atom stereocenters. The van der Waals surface area contributed by atoms with Crippen molar-refractivity contribution in [2.75, 3.05) is 0 Å². The molecular weight excluding hydrogens is 410 g/mol. The molecule has 0 aliphatic carbocycles. The second kappa shape index (κ2) is 6.59. The van der Waals surface area contributed by atoms with Crippen LogP contribution in [0.1, 0.15) is 0 Å². The van der Waals surface area contributed by atoms with Gasteiger partial charge in [0.1, 0.15) is 0 Å². The number of aromatic nitrogens is 1. The molecule has 0 unspecified atom stereocenters. The fourth-order valence-electron chi connectivity index (χ4n) is 5.30. The van der Waals surface area contributed by atoms with Crippen LogP contribution < -0.4 is 0 Å². The molecule has 7 aromatic rings. The molecule has 0 amide bonds. The van der Waals surface area contributed by atoms with E-state index < -0.39 is 0 Å². The third-order valence-electron chi connectivity index (χ3n) is 6.60. The summed E-state index contributed by atoms with van der Waals surface area (Å²) in [6.45, 7) is 0. The Bertz CT molecular complexity index is 1830. The first-order valence-corrected chi connectivity index (χ1v) is 11.2. The number of nitrogens with zero attached hydrogens (tertiary/aromatic N) is 1. The second-order valence-corrected chi connectivity index (χ2v) is 8.75. The Hall–Kier alpha value is -3.81. The zero-order chi connectivity index (χ0) is 21.2. The number of para-hydroxylation sites is 1. The predicted molar refractivity (Wildman–Crippen MR) is 138 cm³/mol. The van der Waals surface area contributed by atoms with E-state index in [1.165, 1.54) is 48.6 Å². The molecule has 0 saturated heterocycles. The quantitative estimate of drug-likeness (QED) is 0.230. The van der Waals surface area contributed by atoms with Crippen molar-refractivity contribution in [3.8, 4) is 5.69 Å². The van der Waals surface area contributed by atoms with Gasteiger partial charge in [-0.25, -0.2) is 0 Å². The molecule has 0 bridgehead atoms. The Labute approximate surface area is 190 Å². The number of fused-ring (bicyclic) bond motifs is 10. The third kappa shape index (κ3) is 2.34. The Kier molecular flexibility index (Phi) is 3.67. The van der Waals surface area contributed by atoms with Crippen molar-refractivity contribution in [2.24, 2.45) is 0 Å². The van der Waals surface area contributed by atoms with Crippen LogP contribution in [0.25, 0.3) is 59.8 Å². The second-order valence-electron chi connectivity index (χ2n) is 8.31. The van der Waals surface area contributed by atoms with Crippen molar-refractivity contribution in [2.45, 2.75) is 0 Å². The van der Waals surface area contributed by atoms with Gasteiger partial charge < -0.3 is 4.57 Å². The van der Waals surface area contributed by atoms with Gasteiger partial charge in [-0.3, -0.25) is 0 Å². The minimum absolute atomic E-state index is 0.746. The average molecular weight is 428 g/mol. The number of benzene rings is 6. The standard InChI is InChI=1S/C30H18ClN/c31-20-15-17-26-27(18-20)32(21-9-2-1-3-10-21)30-25-13-7-6-12-23(25)24-16-14-19-8-4-5-11-22(19)28(24)29(26)30/h1-18H. The van der Waals surface area contributed by atoms with Crippen molar-refractivity contribution in [3.05, 3.63) is 114 Å². The maximum atomic E-state index is 6.52. The van der Waals surface area contributed by atoms with E-state index in [1.807, 2.05) is 6.07 Å². The molecule has 1 nitrogen and oxygen atoms in total. The van der Waals surface area contributed by atoms with Gasteiger partial charge in [0.25, 0.3) is 0 Å². The van der Waals surface area contributed by atoms with E-state index in [4.69, 9.17) is 11.6 Å². The van der Waals surface area contributed by atoms with Crippen LogP contribution in [-0.2, 0) is 0 Å². The first kappa shape index (κ1) is 17.8. The zero-order valence-electron chi connectivity index (χ0n) is 17.2. The SMILES string of the molecule is Clc1ccc2c3c4c5ccccc5ccc4c4ccccc4c3n(-c3ccccc3)c2c1. The molecule has 1 aromatic heterocycles. The highest BCUT2D eigenvalue weighted by atomic mass is 35.5. The summed E-state index contributed by atoms with van der Waals surface area (Å²) in [7, 11) is 0. The van der Waals surface area contributed by atoms with Gasteiger partial charge in [-0.1, -0.05) is 96.5 Å². The minimum Gasteiger partial charge on any atom is -0.309 e. The molecule has 2 heteroatoms. The van der Waals surface area contributed by atoms with Gasteiger partial charge in [-0.15, -0.1) is 0 Å². The molecular formula is C30H18ClN. The van der Waals surface area contributed by atoms with Crippen LogP contribution in [0.15, 0.2) is 109 Å². The molecule has 0 aliphatic heterocycles. The molecule has 0 aliphatic rings. The predicted octanol–water partition coefficient (Wildman–Crippen LogP) is 8.90. The van der Waals surface area contributed by atoms with Gasteiger partial charge in [0.15, 0.2) is 0 Å². The fraction of sp³-hybridized carbons (Fsp3) is 0. The minimum atomic E-state index is 0.746. The molecule has 0 fully saturated rings. The Morgan fingerprint density at radius 2 is 1.19 bits per heavy atom. The van der Waals surface area contributed by atoms with Gasteiger partial charge in [0.05, 0.1) is 11.0 Å². The van der Waals surface area contributed by atoms with Gasteiger partial charge >= 0.3 is 0 Å². The maximum absolute atomic E-state index is 6.52. The molecule has 0 spiro atoms. The summed E-state index contributed by atoms with van der Waals surface area (Å²) in [6, 6.07) is 38.8. The lowest BCUT2D eigenvalue weighted by molar-refractivity contribution is 1.19. The molecule has 1 heterocycles. The molecule has 0 radical (unpaired) electrons. The first-order valence-electron chi connectivity index (χ1n) is 10.8.